The second-order valence-corrected chi connectivity index (χ2v) is 13.5. The van der Waals surface area contributed by atoms with Gasteiger partial charge in [0.1, 0.15) is 5.83 Å². The van der Waals surface area contributed by atoms with Crippen molar-refractivity contribution in [3.05, 3.63) is 92.3 Å². The molecule has 4 nitrogen and oxygen atoms in total. The first-order valence-electron chi connectivity index (χ1n) is 16.6. The lowest BCUT2D eigenvalue weighted by Gasteiger charge is -2.36. The average Bonchev–Trinajstić information content (AvgIpc) is 3.24. The highest BCUT2D eigenvalue weighted by Gasteiger charge is 2.34. The fourth-order valence-corrected chi connectivity index (χ4v) is 7.11. The van der Waals surface area contributed by atoms with Gasteiger partial charge in [-0.05, 0) is 112 Å². The second-order valence-electron chi connectivity index (χ2n) is 13.5. The third kappa shape index (κ3) is 7.60. The molecule has 2 aromatic rings. The Kier molecular flexibility index (Phi) is 11.3. The Balaban J connectivity index is 0.00000245. The van der Waals surface area contributed by atoms with E-state index in [1.54, 1.807) is 12.2 Å². The van der Waals surface area contributed by atoms with Crippen molar-refractivity contribution in [3.63, 3.8) is 0 Å². The zero-order chi connectivity index (χ0) is 34.8. The largest absolute Gasteiger partial charge is 0.298 e. The Morgan fingerprint density at radius 1 is 0.957 bits per heavy atom. The summed E-state index contributed by atoms with van der Waals surface area (Å²) in [7, 11) is 1.49. The van der Waals surface area contributed by atoms with E-state index in [4.69, 9.17) is 9.97 Å². The molecule has 0 saturated carbocycles. The molecule has 47 heavy (non-hydrogen) atoms. The molecular formula is C38H46F5N3O. The van der Waals surface area contributed by atoms with Crippen LogP contribution in [0.4, 0.5) is 27.8 Å². The second kappa shape index (κ2) is 14.7. The van der Waals surface area contributed by atoms with E-state index in [1.165, 1.54) is 29.2 Å². The van der Waals surface area contributed by atoms with Gasteiger partial charge in [0, 0.05) is 12.6 Å². The molecule has 1 aromatic heterocycles. The molecule has 2 unspecified atom stereocenters. The van der Waals surface area contributed by atoms with E-state index in [2.05, 4.69) is 27.7 Å². The minimum absolute atomic E-state index is 0.184. The number of aromatic nitrogens is 2. The van der Waals surface area contributed by atoms with E-state index in [9.17, 15) is 26.7 Å². The minimum atomic E-state index is -1.95. The Bertz CT molecular complexity index is 1660. The molecule has 9 heteroatoms. The Morgan fingerprint density at radius 2 is 1.64 bits per heavy atom. The molecule has 0 radical (unpaired) electrons. The summed E-state index contributed by atoms with van der Waals surface area (Å²) in [5.41, 5.74) is 5.32. The number of hydrogen-bond donors (Lipinski definition) is 0. The van der Waals surface area contributed by atoms with E-state index in [0.29, 0.717) is 54.5 Å². The molecule has 0 N–H and O–H groups in total. The molecule has 0 spiro atoms. The maximum absolute atomic E-state index is 14.8. The van der Waals surface area contributed by atoms with Gasteiger partial charge in [-0.1, -0.05) is 44.9 Å². The normalized spacial score (nSPS) is 22.7. The van der Waals surface area contributed by atoms with Crippen molar-refractivity contribution in [3.8, 4) is 0 Å². The maximum atomic E-state index is 14.8. The number of nitrogens with zero attached hydrogens (tertiary/aromatic N) is 3. The summed E-state index contributed by atoms with van der Waals surface area (Å²) < 4.78 is 71.3. The Labute approximate surface area is 275 Å². The average molecular weight is 656 g/mol. The number of rotatable bonds is 5. The fraction of sp³-hybridized carbons (Fsp3) is 0.500. The van der Waals surface area contributed by atoms with E-state index >= 15 is 0 Å². The van der Waals surface area contributed by atoms with Crippen LogP contribution in [0.25, 0.3) is 5.57 Å². The Hall–Kier alpha value is -3.62. The van der Waals surface area contributed by atoms with Crippen LogP contribution in [0.2, 0.25) is 0 Å². The van der Waals surface area contributed by atoms with Gasteiger partial charge in [0.15, 0.2) is 29.1 Å². The van der Waals surface area contributed by atoms with E-state index in [1.807, 2.05) is 13.8 Å². The molecule has 3 aliphatic rings. The van der Waals surface area contributed by atoms with Crippen molar-refractivity contribution in [1.29, 1.82) is 0 Å². The van der Waals surface area contributed by atoms with Gasteiger partial charge < -0.3 is 0 Å². The number of likely N-dealkylation sites (N-methyl/N-ethyl adjacent to an activating group) is 1. The smallest absolute Gasteiger partial charge is 0.232 e. The van der Waals surface area contributed by atoms with Crippen LogP contribution in [0, 0.1) is 41.5 Å². The third-order valence-corrected chi connectivity index (χ3v) is 9.80. The number of aryl methyl sites for hydroxylation is 1. The van der Waals surface area contributed by atoms with Crippen molar-refractivity contribution in [1.82, 2.24) is 9.97 Å². The van der Waals surface area contributed by atoms with Gasteiger partial charge in [-0.25, -0.2) is 31.9 Å². The topological polar surface area (TPSA) is 46.1 Å². The van der Waals surface area contributed by atoms with E-state index < -0.39 is 46.7 Å². The first-order chi connectivity index (χ1) is 22.2. The fourth-order valence-electron chi connectivity index (χ4n) is 7.11. The number of hydrogen-bond acceptors (Lipinski definition) is 3. The zero-order valence-electron chi connectivity index (χ0n) is 28.8. The van der Waals surface area contributed by atoms with Crippen LogP contribution in [-0.2, 0) is 24.1 Å². The number of fused-ring (bicyclic) bond motifs is 2. The van der Waals surface area contributed by atoms with Crippen molar-refractivity contribution in [2.75, 3.05) is 11.9 Å². The molecule has 1 aromatic carbocycles. The first-order valence-corrected chi connectivity index (χ1v) is 16.6. The standard InChI is InChI=1S/C36H40F5N3O.C2H6/c1-19-14-21(3)20(2)12-13-36(5,17-19)18-28-35(43-27-11-10-23-15-24(37)8-7-9-25(23)34(27)42-28)44(6)29(45)16-26-22(4)30(38)32(40)33(41)31(26)39;1-2/h7-8,15,19H,9-14,16-18H2,1-6H3;1-2H3/b21-20+;. The summed E-state index contributed by atoms with van der Waals surface area (Å²) >= 11 is 0. The van der Waals surface area contributed by atoms with Gasteiger partial charge in [-0.15, -0.1) is 0 Å². The third-order valence-electron chi connectivity index (χ3n) is 9.80. The summed E-state index contributed by atoms with van der Waals surface area (Å²) in [5, 5.41) is 0. The van der Waals surface area contributed by atoms with Gasteiger partial charge in [0.05, 0.1) is 23.5 Å². The van der Waals surface area contributed by atoms with Crippen LogP contribution in [-0.4, -0.2) is 22.9 Å². The number of anilines is 1. The van der Waals surface area contributed by atoms with Crippen molar-refractivity contribution in [2.24, 2.45) is 11.3 Å². The molecule has 0 fully saturated rings. The molecule has 0 aliphatic heterocycles. The highest BCUT2D eigenvalue weighted by molar-refractivity contribution is 5.94. The van der Waals surface area contributed by atoms with Crippen LogP contribution >= 0.6 is 0 Å². The monoisotopic (exact) mass is 655 g/mol. The summed E-state index contributed by atoms with van der Waals surface area (Å²) in [5.74, 6) is -7.22. The highest BCUT2D eigenvalue weighted by atomic mass is 19.2. The molecule has 1 heterocycles. The lowest BCUT2D eigenvalue weighted by Crippen LogP contribution is -2.33. The number of amides is 1. The number of carbonyl (C=O) groups is 1. The zero-order valence-corrected chi connectivity index (χ0v) is 28.8. The van der Waals surface area contributed by atoms with Gasteiger partial charge in [-0.2, -0.15) is 0 Å². The first kappa shape index (κ1) is 36.2. The predicted molar refractivity (Wildman–Crippen MR) is 178 cm³/mol. The molecule has 3 aliphatic carbocycles. The summed E-state index contributed by atoms with van der Waals surface area (Å²) in [6.45, 7) is 13.9. The predicted octanol–water partition coefficient (Wildman–Crippen LogP) is 10.2. The van der Waals surface area contributed by atoms with Gasteiger partial charge >= 0.3 is 0 Å². The molecule has 0 bridgehead atoms. The van der Waals surface area contributed by atoms with Crippen LogP contribution in [0.15, 0.2) is 40.8 Å². The lowest BCUT2D eigenvalue weighted by atomic mass is 9.70. The van der Waals surface area contributed by atoms with Gasteiger partial charge in [0.25, 0.3) is 0 Å². The molecule has 0 saturated heterocycles. The summed E-state index contributed by atoms with van der Waals surface area (Å²) in [6.07, 6.45) is 9.87. The molecular weight excluding hydrogens is 609 g/mol. The van der Waals surface area contributed by atoms with E-state index in [-0.39, 0.29) is 11.2 Å². The molecule has 1 amide bonds. The van der Waals surface area contributed by atoms with Gasteiger partial charge in [0.2, 0.25) is 5.91 Å². The van der Waals surface area contributed by atoms with Crippen LogP contribution in [0.1, 0.15) is 108 Å². The minimum Gasteiger partial charge on any atom is -0.298 e. The summed E-state index contributed by atoms with van der Waals surface area (Å²) in [4.78, 5) is 25.0. The number of halogens is 5. The molecule has 254 valence electrons. The maximum Gasteiger partial charge on any atom is 0.232 e. The SMILES string of the molecule is C/C1=C(/C)CC(C)CC(C)(Cc2nc3c(nc2N(C)C(=O)Cc2c(C)c(F)c(F)c(F)c2F)CCC2=C3CC=CC(F)=C2)CC1.CC. The number of benzene rings is 1. The van der Waals surface area contributed by atoms with Gasteiger partial charge in [-0.3, -0.25) is 9.69 Å². The van der Waals surface area contributed by atoms with Crippen LogP contribution in [0.5, 0.6) is 0 Å². The van der Waals surface area contributed by atoms with Crippen molar-refractivity contribution >= 4 is 17.3 Å². The lowest BCUT2D eigenvalue weighted by molar-refractivity contribution is -0.117. The highest BCUT2D eigenvalue weighted by Crippen LogP contribution is 2.43. The number of carbonyl (C=O) groups excluding carboxylic acids is 1. The quantitative estimate of drug-likeness (QED) is 0.139. The summed E-state index contributed by atoms with van der Waals surface area (Å²) in [6, 6.07) is 0. The van der Waals surface area contributed by atoms with Crippen molar-refractivity contribution < 1.29 is 26.7 Å². The van der Waals surface area contributed by atoms with Crippen LogP contribution in [0.3, 0.4) is 0 Å². The molecule has 5 rings (SSSR count). The molecule has 2 atom stereocenters. The number of allylic oxidation sites excluding steroid dienone is 8. The van der Waals surface area contributed by atoms with E-state index in [0.717, 1.165) is 43.8 Å². The van der Waals surface area contributed by atoms with Crippen LogP contribution < -0.4 is 4.90 Å². The Morgan fingerprint density at radius 3 is 2.34 bits per heavy atom. The van der Waals surface area contributed by atoms with Crippen molar-refractivity contribution in [2.45, 2.75) is 106 Å².